The van der Waals surface area contributed by atoms with E-state index in [0.29, 0.717) is 23.2 Å². The van der Waals surface area contributed by atoms with Crippen LogP contribution >= 0.6 is 11.6 Å². The van der Waals surface area contributed by atoms with Gasteiger partial charge >= 0.3 is 0 Å². The predicted molar refractivity (Wildman–Crippen MR) is 75.5 cm³/mol. The largest absolute Gasteiger partial charge is 0.315 e. The van der Waals surface area contributed by atoms with Gasteiger partial charge in [0.2, 0.25) is 0 Å². The van der Waals surface area contributed by atoms with Crippen LogP contribution in [0.25, 0.3) is 0 Å². The molecule has 1 aliphatic rings. The molecule has 104 valence electrons. The minimum Gasteiger partial charge on any atom is -0.315 e. The van der Waals surface area contributed by atoms with Crippen molar-refractivity contribution in [3.63, 3.8) is 0 Å². The van der Waals surface area contributed by atoms with Gasteiger partial charge < -0.3 is 5.32 Å². The summed E-state index contributed by atoms with van der Waals surface area (Å²) in [6.07, 6.45) is 2.28. The first-order valence-corrected chi connectivity index (χ1v) is 6.79. The van der Waals surface area contributed by atoms with Crippen molar-refractivity contribution in [1.29, 1.82) is 0 Å². The summed E-state index contributed by atoms with van der Waals surface area (Å²) in [5.74, 6) is 0. The lowest BCUT2D eigenvalue weighted by molar-refractivity contribution is -0.385. The highest BCUT2D eigenvalue weighted by Gasteiger charge is 2.21. The van der Waals surface area contributed by atoms with Crippen molar-refractivity contribution >= 4 is 17.3 Å². The molecule has 1 heterocycles. The van der Waals surface area contributed by atoms with E-state index < -0.39 is 0 Å². The molecule has 1 fully saturated rings. The van der Waals surface area contributed by atoms with Crippen molar-refractivity contribution in [2.75, 3.05) is 20.1 Å². The molecule has 1 N–H and O–H groups in total. The number of halogens is 1. The Bertz CT molecular complexity index is 461. The summed E-state index contributed by atoms with van der Waals surface area (Å²) < 4.78 is 0. The van der Waals surface area contributed by atoms with Crippen molar-refractivity contribution in [2.24, 2.45) is 0 Å². The van der Waals surface area contributed by atoms with Crippen molar-refractivity contribution in [3.05, 3.63) is 38.9 Å². The zero-order chi connectivity index (χ0) is 13.8. The second-order valence-corrected chi connectivity index (χ2v) is 5.38. The number of nitrogens with one attached hydrogen (secondary N) is 1. The third-order valence-electron chi connectivity index (χ3n) is 3.56. The van der Waals surface area contributed by atoms with Crippen LogP contribution in [0.5, 0.6) is 0 Å². The molecular formula is C13H18ClN3O2. The van der Waals surface area contributed by atoms with Gasteiger partial charge in [-0.05, 0) is 38.6 Å². The average molecular weight is 284 g/mol. The van der Waals surface area contributed by atoms with Crippen LogP contribution in [-0.4, -0.2) is 36.0 Å². The van der Waals surface area contributed by atoms with Gasteiger partial charge in [-0.25, -0.2) is 0 Å². The van der Waals surface area contributed by atoms with Crippen molar-refractivity contribution in [1.82, 2.24) is 10.2 Å². The van der Waals surface area contributed by atoms with E-state index in [2.05, 4.69) is 10.2 Å². The van der Waals surface area contributed by atoms with Gasteiger partial charge in [0.25, 0.3) is 5.69 Å². The molecule has 1 unspecified atom stereocenters. The Balaban J connectivity index is 2.11. The quantitative estimate of drug-likeness (QED) is 0.681. The van der Waals surface area contributed by atoms with Crippen LogP contribution in [0.1, 0.15) is 18.4 Å². The summed E-state index contributed by atoms with van der Waals surface area (Å²) in [6.45, 7) is 2.57. The van der Waals surface area contributed by atoms with Crippen LogP contribution in [0.2, 0.25) is 5.02 Å². The fourth-order valence-electron chi connectivity index (χ4n) is 2.45. The number of likely N-dealkylation sites (N-methyl/N-ethyl adjacent to an activating group) is 1. The van der Waals surface area contributed by atoms with Crippen LogP contribution in [0, 0.1) is 10.1 Å². The Morgan fingerprint density at radius 3 is 3.00 bits per heavy atom. The molecule has 0 bridgehead atoms. The normalized spacial score (nSPS) is 19.6. The predicted octanol–water partition coefficient (Wildman–Crippen LogP) is 2.43. The molecule has 1 aromatic carbocycles. The first kappa shape index (κ1) is 14.2. The smallest absolute Gasteiger partial charge is 0.275 e. The van der Waals surface area contributed by atoms with E-state index in [9.17, 15) is 10.1 Å². The van der Waals surface area contributed by atoms with Gasteiger partial charge in [0.1, 0.15) is 0 Å². The molecule has 0 radical (unpaired) electrons. The van der Waals surface area contributed by atoms with Crippen molar-refractivity contribution in [2.45, 2.75) is 25.4 Å². The highest BCUT2D eigenvalue weighted by molar-refractivity contribution is 6.30. The summed E-state index contributed by atoms with van der Waals surface area (Å²) in [5, 5.41) is 14.8. The number of nitro benzene ring substituents is 1. The Morgan fingerprint density at radius 1 is 1.58 bits per heavy atom. The van der Waals surface area contributed by atoms with Crippen LogP contribution in [-0.2, 0) is 6.54 Å². The Labute approximate surface area is 117 Å². The van der Waals surface area contributed by atoms with Gasteiger partial charge in [-0.1, -0.05) is 11.6 Å². The molecule has 0 saturated carbocycles. The molecule has 19 heavy (non-hydrogen) atoms. The number of hydrogen-bond donors (Lipinski definition) is 1. The van der Waals surface area contributed by atoms with E-state index in [4.69, 9.17) is 11.6 Å². The minimum atomic E-state index is -0.367. The molecule has 1 aliphatic heterocycles. The van der Waals surface area contributed by atoms with E-state index >= 15 is 0 Å². The van der Waals surface area contributed by atoms with Crippen LogP contribution in [0.15, 0.2) is 18.2 Å². The zero-order valence-electron chi connectivity index (χ0n) is 10.9. The molecule has 2 rings (SSSR count). The Morgan fingerprint density at radius 2 is 2.37 bits per heavy atom. The fraction of sp³-hybridized carbons (Fsp3) is 0.538. The second kappa shape index (κ2) is 6.32. The first-order chi connectivity index (χ1) is 9.08. The Kier molecular flexibility index (Phi) is 4.74. The second-order valence-electron chi connectivity index (χ2n) is 4.95. The van der Waals surface area contributed by atoms with E-state index in [1.165, 1.54) is 6.07 Å². The maximum absolute atomic E-state index is 11.0. The van der Waals surface area contributed by atoms with Crippen molar-refractivity contribution < 1.29 is 4.92 Å². The van der Waals surface area contributed by atoms with Gasteiger partial charge in [0.15, 0.2) is 0 Å². The summed E-state index contributed by atoms with van der Waals surface area (Å²) >= 11 is 5.82. The lowest BCUT2D eigenvalue weighted by Gasteiger charge is -2.31. The maximum atomic E-state index is 11.0. The van der Waals surface area contributed by atoms with Crippen LogP contribution in [0.3, 0.4) is 0 Å². The topological polar surface area (TPSA) is 58.4 Å². The number of piperidine rings is 1. The van der Waals surface area contributed by atoms with E-state index in [-0.39, 0.29) is 10.6 Å². The molecule has 5 nitrogen and oxygen atoms in total. The number of rotatable bonds is 4. The molecule has 0 amide bonds. The number of hydrogen-bond acceptors (Lipinski definition) is 4. The highest BCUT2D eigenvalue weighted by atomic mass is 35.5. The van der Waals surface area contributed by atoms with Crippen molar-refractivity contribution in [3.8, 4) is 0 Å². The van der Waals surface area contributed by atoms with Gasteiger partial charge in [-0.3, -0.25) is 15.0 Å². The zero-order valence-corrected chi connectivity index (χ0v) is 11.7. The molecule has 1 atom stereocenters. The number of nitro groups is 1. The van der Waals surface area contributed by atoms with Gasteiger partial charge in [-0.15, -0.1) is 0 Å². The summed E-state index contributed by atoms with van der Waals surface area (Å²) in [6, 6.07) is 5.30. The molecular weight excluding hydrogens is 266 g/mol. The third-order valence-corrected chi connectivity index (χ3v) is 3.79. The van der Waals surface area contributed by atoms with E-state index in [1.54, 1.807) is 12.1 Å². The SMILES string of the molecule is CN(Cc1ccc(Cl)cc1[N+](=O)[O-])C1CCCNC1. The number of nitrogens with zero attached hydrogens (tertiary/aromatic N) is 2. The average Bonchev–Trinajstić information content (AvgIpc) is 2.41. The van der Waals surface area contributed by atoms with Crippen LogP contribution < -0.4 is 5.32 Å². The summed E-state index contributed by atoms with van der Waals surface area (Å²) in [5.41, 5.74) is 0.811. The van der Waals surface area contributed by atoms with E-state index in [0.717, 1.165) is 25.9 Å². The monoisotopic (exact) mass is 283 g/mol. The molecule has 0 spiro atoms. The first-order valence-electron chi connectivity index (χ1n) is 6.41. The lowest BCUT2D eigenvalue weighted by atomic mass is 10.1. The summed E-state index contributed by atoms with van der Waals surface area (Å²) in [4.78, 5) is 12.8. The standard InChI is InChI=1S/C13H18ClN3O2/c1-16(12-3-2-6-15-8-12)9-10-4-5-11(14)7-13(10)17(18)19/h4-5,7,12,15H,2-3,6,8-9H2,1H3. The van der Waals surface area contributed by atoms with Gasteiger partial charge in [-0.2, -0.15) is 0 Å². The minimum absolute atomic E-state index is 0.100. The maximum Gasteiger partial charge on any atom is 0.275 e. The van der Waals surface area contributed by atoms with E-state index in [1.807, 2.05) is 7.05 Å². The fourth-order valence-corrected chi connectivity index (χ4v) is 2.61. The van der Waals surface area contributed by atoms with Gasteiger partial charge in [0, 0.05) is 35.8 Å². The third kappa shape index (κ3) is 3.65. The lowest BCUT2D eigenvalue weighted by Crippen LogP contribution is -2.43. The van der Waals surface area contributed by atoms with Gasteiger partial charge in [0.05, 0.1) is 4.92 Å². The molecule has 6 heteroatoms. The molecule has 0 aromatic heterocycles. The highest BCUT2D eigenvalue weighted by Crippen LogP contribution is 2.25. The van der Waals surface area contributed by atoms with Crippen LogP contribution in [0.4, 0.5) is 5.69 Å². The molecule has 0 aliphatic carbocycles. The Hall–Kier alpha value is -1.17. The summed E-state index contributed by atoms with van der Waals surface area (Å²) in [7, 11) is 2.01. The number of benzene rings is 1. The molecule has 1 aromatic rings. The molecule has 1 saturated heterocycles.